The van der Waals surface area contributed by atoms with E-state index in [0.29, 0.717) is 5.90 Å². The summed E-state index contributed by atoms with van der Waals surface area (Å²) >= 11 is 1.66. The Morgan fingerprint density at radius 3 is 2.40 bits per heavy atom. The molecule has 2 aliphatic rings. The van der Waals surface area contributed by atoms with Crippen LogP contribution in [0.1, 0.15) is 81.1 Å². The Hall–Kier alpha value is -3.73. The van der Waals surface area contributed by atoms with Gasteiger partial charge in [0.25, 0.3) is 0 Å². The van der Waals surface area contributed by atoms with Gasteiger partial charge in [0.05, 0.1) is 5.69 Å². The van der Waals surface area contributed by atoms with Crippen molar-refractivity contribution in [2.75, 3.05) is 0 Å². The Bertz CT molecular complexity index is 2240. The van der Waals surface area contributed by atoms with Crippen molar-refractivity contribution in [1.82, 2.24) is 14.5 Å². The molecule has 4 heterocycles. The first-order chi connectivity index (χ1) is 22.4. The fraction of sp³-hybridized carbons (Fsp3) is 0.293. The molecule has 3 aromatic carbocycles. The van der Waals surface area contributed by atoms with Gasteiger partial charge in [-0.1, -0.05) is 82.6 Å². The maximum atomic E-state index is 6.39. The fourth-order valence-electron chi connectivity index (χ4n) is 6.74. The second kappa shape index (κ2) is 12.0. The molecule has 1 aliphatic heterocycles. The number of ether oxygens (including phenoxy) is 1. The van der Waals surface area contributed by atoms with E-state index in [2.05, 4.69) is 131 Å². The zero-order chi connectivity index (χ0) is 32.7. The van der Waals surface area contributed by atoms with Gasteiger partial charge >= 0.3 is 21.1 Å². The molecule has 5 nitrogen and oxygen atoms in total. The van der Waals surface area contributed by atoms with Crippen molar-refractivity contribution in [1.29, 1.82) is 0 Å². The number of nitrogens with zero attached hydrogens (tertiary/aromatic N) is 4. The molecule has 8 rings (SSSR count). The van der Waals surface area contributed by atoms with E-state index in [1.54, 1.807) is 11.8 Å². The number of hydrogen-bond acceptors (Lipinski definition) is 5. The third-order valence-electron chi connectivity index (χ3n) is 9.29. The first kappa shape index (κ1) is 32.8. The summed E-state index contributed by atoms with van der Waals surface area (Å²) in [4.78, 5) is 16.5. The van der Waals surface area contributed by atoms with Crippen molar-refractivity contribution in [3.8, 4) is 5.82 Å². The van der Waals surface area contributed by atoms with Crippen LogP contribution in [0.4, 0.5) is 0 Å². The number of benzene rings is 3. The fourth-order valence-corrected chi connectivity index (χ4v) is 7.67. The number of pyridine rings is 2. The van der Waals surface area contributed by atoms with Crippen LogP contribution in [0, 0.1) is 19.1 Å². The molecule has 0 radical (unpaired) electrons. The first-order valence-electron chi connectivity index (χ1n) is 16.3. The molecule has 0 saturated heterocycles. The topological polar surface area (TPSA) is 52.3 Å². The molecule has 0 amide bonds. The molecule has 3 aromatic heterocycles. The molecule has 0 fully saturated rings. The summed E-state index contributed by atoms with van der Waals surface area (Å²) in [5.41, 5.74) is 9.03. The summed E-state index contributed by atoms with van der Waals surface area (Å²) < 4.78 is 8.66. The van der Waals surface area contributed by atoms with Crippen molar-refractivity contribution in [3.63, 3.8) is 0 Å². The predicted molar refractivity (Wildman–Crippen MR) is 191 cm³/mol. The van der Waals surface area contributed by atoms with E-state index in [0.717, 1.165) is 49.9 Å². The summed E-state index contributed by atoms with van der Waals surface area (Å²) in [6.45, 7) is 15.6. The van der Waals surface area contributed by atoms with Crippen molar-refractivity contribution < 1.29 is 25.8 Å². The molecule has 0 saturated carbocycles. The van der Waals surface area contributed by atoms with Gasteiger partial charge in [0.1, 0.15) is 23.9 Å². The van der Waals surface area contributed by atoms with Crippen molar-refractivity contribution in [2.45, 2.75) is 87.7 Å². The second-order valence-electron chi connectivity index (χ2n) is 14.9. The van der Waals surface area contributed by atoms with Gasteiger partial charge in [-0.3, -0.25) is 9.98 Å². The van der Waals surface area contributed by atoms with Gasteiger partial charge in [0, 0.05) is 24.3 Å². The van der Waals surface area contributed by atoms with Gasteiger partial charge in [-0.05, 0) is 57.2 Å². The normalized spacial score (nSPS) is 17.2. The molecule has 244 valence electrons. The molecule has 6 aromatic rings. The van der Waals surface area contributed by atoms with Crippen LogP contribution in [0.5, 0.6) is 0 Å². The molecule has 2 atom stereocenters. The van der Waals surface area contributed by atoms with E-state index in [4.69, 9.17) is 14.7 Å². The Morgan fingerprint density at radius 2 is 1.60 bits per heavy atom. The van der Waals surface area contributed by atoms with Crippen LogP contribution >= 0.6 is 11.8 Å². The van der Waals surface area contributed by atoms with E-state index >= 15 is 0 Å². The van der Waals surface area contributed by atoms with E-state index in [-0.39, 0.29) is 44.0 Å². The molecule has 0 spiro atoms. The summed E-state index contributed by atoms with van der Waals surface area (Å²) in [7, 11) is 0. The molecular formula is C41H38N4OPtS. The van der Waals surface area contributed by atoms with Gasteiger partial charge in [0.15, 0.2) is 0 Å². The zero-order valence-corrected chi connectivity index (χ0v) is 31.4. The minimum absolute atomic E-state index is 0. The van der Waals surface area contributed by atoms with Crippen LogP contribution in [0.3, 0.4) is 0 Å². The summed E-state index contributed by atoms with van der Waals surface area (Å²) in [6.07, 6.45) is 4.61. The molecule has 7 heteroatoms. The average molecular weight is 830 g/mol. The summed E-state index contributed by atoms with van der Waals surface area (Å²) in [5.74, 6) is 1.56. The molecular weight excluding hydrogens is 792 g/mol. The Kier molecular flexibility index (Phi) is 8.20. The number of fused-ring (bicyclic) bond motifs is 6. The Labute approximate surface area is 301 Å². The average Bonchev–Trinajstić information content (AvgIpc) is 3.69. The molecule has 0 N–H and O–H groups in total. The molecule has 48 heavy (non-hydrogen) atoms. The monoisotopic (exact) mass is 829 g/mol. The van der Waals surface area contributed by atoms with Crippen molar-refractivity contribution in [3.05, 3.63) is 125 Å². The zero-order valence-electron chi connectivity index (χ0n) is 28.3. The molecule has 0 bridgehead atoms. The van der Waals surface area contributed by atoms with Crippen LogP contribution in [0.2, 0.25) is 0 Å². The first-order valence-corrected chi connectivity index (χ1v) is 17.1. The van der Waals surface area contributed by atoms with Crippen LogP contribution < -0.4 is 0 Å². The van der Waals surface area contributed by atoms with Crippen LogP contribution in [0.25, 0.3) is 27.6 Å². The van der Waals surface area contributed by atoms with Gasteiger partial charge in [-0.2, -0.15) is 12.1 Å². The Morgan fingerprint density at radius 1 is 0.812 bits per heavy atom. The van der Waals surface area contributed by atoms with E-state index in [9.17, 15) is 0 Å². The second-order valence-corrected chi connectivity index (χ2v) is 16.0. The summed E-state index contributed by atoms with van der Waals surface area (Å²) in [6, 6.07) is 31.3. The van der Waals surface area contributed by atoms with Gasteiger partial charge in [0.2, 0.25) is 0 Å². The van der Waals surface area contributed by atoms with Crippen LogP contribution in [-0.4, -0.2) is 26.5 Å². The third-order valence-corrected chi connectivity index (χ3v) is 10.2. The molecule has 0 unspecified atom stereocenters. The van der Waals surface area contributed by atoms with Gasteiger partial charge in [-0.15, -0.1) is 51.9 Å². The van der Waals surface area contributed by atoms with Gasteiger partial charge in [-0.25, -0.2) is 4.98 Å². The van der Waals surface area contributed by atoms with E-state index in [1.165, 1.54) is 27.5 Å². The minimum Gasteiger partial charge on any atom is -0.514 e. The molecule has 1 aliphatic carbocycles. The maximum absolute atomic E-state index is 6.39. The largest absolute Gasteiger partial charge is 2.00 e. The quantitative estimate of drug-likeness (QED) is 0.166. The van der Waals surface area contributed by atoms with E-state index in [1.807, 2.05) is 18.5 Å². The smallest absolute Gasteiger partial charge is 0.514 e. The van der Waals surface area contributed by atoms with Gasteiger partial charge < -0.3 is 9.30 Å². The minimum atomic E-state index is -0.0481. The Balaban J connectivity index is 0.00000364. The number of aliphatic imine (C=N–C) groups is 1. The van der Waals surface area contributed by atoms with Crippen LogP contribution in [-0.2, 0) is 43.1 Å². The SMILES string of the molecule is Cc1cc(Sc2[c-]c3c(cc2)c2cc(C(C)(C)C)ccc2n3-c2cc(C(C)(C)C)ccn2)[c-]c(C2=N[C@@H]3c4ncccc4C[C@@H]3O2)c1.[Pt+2]. The van der Waals surface area contributed by atoms with Crippen LogP contribution in [0.15, 0.2) is 93.9 Å². The number of aryl methyl sites for hydroxylation is 1. The van der Waals surface area contributed by atoms with Crippen molar-refractivity contribution >= 4 is 39.5 Å². The van der Waals surface area contributed by atoms with Crippen molar-refractivity contribution in [2.24, 2.45) is 4.99 Å². The predicted octanol–water partition coefficient (Wildman–Crippen LogP) is 9.67. The third kappa shape index (κ3) is 5.81. The van der Waals surface area contributed by atoms with E-state index < -0.39 is 0 Å². The summed E-state index contributed by atoms with van der Waals surface area (Å²) in [5, 5.41) is 2.38. The number of hydrogen-bond donors (Lipinski definition) is 0. The maximum Gasteiger partial charge on any atom is 2.00 e. The standard InChI is InChI=1S/C41H38N4OS.Pt/c1-24-17-26(39-44-38-35(46-39)20-25-9-8-15-43-37(25)38)19-30(18-24)47-29-11-12-31-32-21-27(40(2,3)4)10-13-33(32)45(34(31)23-29)36-22-28(14-16-42-36)41(5,6)7;/h8-18,21-22,35,38H,20H2,1-7H3;/q-2;+2/t35-,38-;/m0./s1. The number of aromatic nitrogens is 3. The number of rotatable bonds is 4.